The maximum Gasteiger partial charge on any atom is 0.151 e. The highest BCUT2D eigenvalue weighted by Gasteiger charge is 2.30. The van der Waals surface area contributed by atoms with Crippen molar-refractivity contribution in [3.05, 3.63) is 54.2 Å². The molecule has 3 heteroatoms. The highest BCUT2D eigenvalue weighted by atomic mass is 15.2. The van der Waals surface area contributed by atoms with Crippen molar-refractivity contribution in [2.75, 3.05) is 24.3 Å². The lowest BCUT2D eigenvalue weighted by Crippen LogP contribution is -2.34. The molecule has 3 nitrogen and oxygen atoms in total. The Morgan fingerprint density at radius 3 is 2.50 bits per heavy atom. The number of nitrogens with one attached hydrogen (secondary N) is 1. The van der Waals surface area contributed by atoms with E-state index in [2.05, 4.69) is 51.6 Å². The summed E-state index contributed by atoms with van der Waals surface area (Å²) in [7, 11) is 4.06. The Morgan fingerprint density at radius 2 is 1.80 bits per heavy atom. The lowest BCUT2D eigenvalue weighted by molar-refractivity contribution is 0.374. The average molecular weight is 267 g/mol. The van der Waals surface area contributed by atoms with Crippen molar-refractivity contribution in [1.29, 1.82) is 0 Å². The first-order valence-electron chi connectivity index (χ1n) is 7.18. The summed E-state index contributed by atoms with van der Waals surface area (Å²) < 4.78 is 0. The van der Waals surface area contributed by atoms with Gasteiger partial charge in [-0.05, 0) is 36.5 Å². The molecule has 0 amide bonds. The highest BCUT2D eigenvalue weighted by molar-refractivity contribution is 5.65. The molecule has 0 spiro atoms. The second-order valence-electron chi connectivity index (χ2n) is 5.69. The fourth-order valence-electron chi connectivity index (χ4n) is 2.82. The summed E-state index contributed by atoms with van der Waals surface area (Å²) in [4.78, 5) is 6.48. The summed E-state index contributed by atoms with van der Waals surface area (Å²) >= 11 is 0. The normalized spacial score (nSPS) is 21.1. The third-order valence-corrected chi connectivity index (χ3v) is 3.98. The monoisotopic (exact) mass is 267 g/mol. The van der Waals surface area contributed by atoms with E-state index in [1.54, 1.807) is 0 Å². The van der Waals surface area contributed by atoms with Crippen LogP contribution in [-0.4, -0.2) is 25.1 Å². The van der Waals surface area contributed by atoms with Gasteiger partial charge in [0, 0.05) is 26.3 Å². The van der Waals surface area contributed by atoms with Gasteiger partial charge in [-0.25, -0.2) is 4.98 Å². The molecule has 0 unspecified atom stereocenters. The third-order valence-electron chi connectivity index (χ3n) is 3.98. The molecule has 0 saturated heterocycles. The minimum atomic E-state index is 0.558. The summed E-state index contributed by atoms with van der Waals surface area (Å²) in [6.07, 6.45) is 4.24. The van der Waals surface area contributed by atoms with Crippen molar-refractivity contribution in [1.82, 2.24) is 4.98 Å². The van der Waals surface area contributed by atoms with Crippen LogP contribution in [-0.2, 0) is 0 Å². The number of benzene rings is 1. The zero-order chi connectivity index (χ0) is 13.9. The van der Waals surface area contributed by atoms with E-state index in [-0.39, 0.29) is 0 Å². The SMILES string of the molecule is CN(C)c1ncccc1NC1CC(c2ccccc2)C1. The second kappa shape index (κ2) is 5.53. The largest absolute Gasteiger partial charge is 0.379 e. The van der Waals surface area contributed by atoms with Gasteiger partial charge < -0.3 is 10.2 Å². The van der Waals surface area contributed by atoms with Crippen molar-refractivity contribution in [3.8, 4) is 0 Å². The topological polar surface area (TPSA) is 28.2 Å². The molecule has 1 aromatic carbocycles. The van der Waals surface area contributed by atoms with E-state index < -0.39 is 0 Å². The first kappa shape index (κ1) is 13.0. The minimum absolute atomic E-state index is 0.558. The Labute approximate surface area is 120 Å². The number of aromatic nitrogens is 1. The molecule has 3 rings (SSSR count). The molecule has 1 aliphatic rings. The van der Waals surface area contributed by atoms with Gasteiger partial charge in [0.15, 0.2) is 5.82 Å². The van der Waals surface area contributed by atoms with E-state index in [0.717, 1.165) is 11.5 Å². The van der Waals surface area contributed by atoms with Gasteiger partial charge in [0.1, 0.15) is 0 Å². The van der Waals surface area contributed by atoms with Gasteiger partial charge in [-0.15, -0.1) is 0 Å². The van der Waals surface area contributed by atoms with Crippen LogP contribution < -0.4 is 10.2 Å². The van der Waals surface area contributed by atoms with E-state index in [0.29, 0.717) is 12.0 Å². The fourth-order valence-corrected chi connectivity index (χ4v) is 2.82. The minimum Gasteiger partial charge on any atom is -0.379 e. The van der Waals surface area contributed by atoms with Crippen molar-refractivity contribution >= 4 is 11.5 Å². The number of nitrogens with zero attached hydrogens (tertiary/aromatic N) is 2. The van der Waals surface area contributed by atoms with Crippen LogP contribution in [0.4, 0.5) is 11.5 Å². The quantitative estimate of drug-likeness (QED) is 0.919. The number of pyridine rings is 1. The number of hydrogen-bond acceptors (Lipinski definition) is 3. The maximum atomic E-state index is 4.43. The summed E-state index contributed by atoms with van der Waals surface area (Å²) in [5, 5.41) is 3.62. The molecule has 0 atom stereocenters. The molecule has 0 aliphatic heterocycles. The number of hydrogen-bond donors (Lipinski definition) is 1. The maximum absolute atomic E-state index is 4.43. The third kappa shape index (κ3) is 2.62. The van der Waals surface area contributed by atoms with Gasteiger partial charge >= 0.3 is 0 Å². The van der Waals surface area contributed by atoms with Gasteiger partial charge in [-0.3, -0.25) is 0 Å². The Hall–Kier alpha value is -2.03. The predicted octanol–water partition coefficient (Wildman–Crippen LogP) is 3.51. The van der Waals surface area contributed by atoms with Gasteiger partial charge in [0.2, 0.25) is 0 Å². The molecule has 20 heavy (non-hydrogen) atoms. The van der Waals surface area contributed by atoms with Crippen molar-refractivity contribution in [2.24, 2.45) is 0 Å². The Kier molecular flexibility index (Phi) is 3.59. The number of anilines is 2. The van der Waals surface area contributed by atoms with Crippen LogP contribution in [0.3, 0.4) is 0 Å². The zero-order valence-corrected chi connectivity index (χ0v) is 12.1. The molecule has 104 valence electrons. The van der Waals surface area contributed by atoms with E-state index >= 15 is 0 Å². The average Bonchev–Trinajstić information content (AvgIpc) is 2.43. The van der Waals surface area contributed by atoms with Crippen molar-refractivity contribution in [2.45, 2.75) is 24.8 Å². The molecule has 1 aliphatic carbocycles. The Morgan fingerprint density at radius 1 is 1.05 bits per heavy atom. The molecule has 0 radical (unpaired) electrons. The Bertz CT molecular complexity index is 559. The van der Waals surface area contributed by atoms with Gasteiger partial charge in [0.05, 0.1) is 5.69 Å². The van der Waals surface area contributed by atoms with Crippen LogP contribution >= 0.6 is 0 Å². The molecule has 1 N–H and O–H groups in total. The summed E-state index contributed by atoms with van der Waals surface area (Å²) in [5.74, 6) is 1.71. The van der Waals surface area contributed by atoms with Crippen LogP contribution in [0.15, 0.2) is 48.7 Å². The standard InChI is InChI=1S/C17H21N3/c1-20(2)17-16(9-6-10-18-17)19-15-11-14(12-15)13-7-4-3-5-8-13/h3-10,14-15,19H,11-12H2,1-2H3. The molecule has 1 fully saturated rings. The second-order valence-corrected chi connectivity index (χ2v) is 5.69. The smallest absolute Gasteiger partial charge is 0.151 e. The lowest BCUT2D eigenvalue weighted by Gasteiger charge is -2.37. The summed E-state index contributed by atoms with van der Waals surface area (Å²) in [5.41, 5.74) is 2.60. The molecule has 1 saturated carbocycles. The Balaban J connectivity index is 1.62. The first-order chi connectivity index (χ1) is 9.74. The predicted molar refractivity (Wildman–Crippen MR) is 84.4 cm³/mol. The van der Waals surface area contributed by atoms with Gasteiger partial charge in [-0.2, -0.15) is 0 Å². The van der Waals surface area contributed by atoms with Gasteiger partial charge in [-0.1, -0.05) is 30.3 Å². The lowest BCUT2D eigenvalue weighted by atomic mass is 9.76. The van der Waals surface area contributed by atoms with Gasteiger partial charge in [0.25, 0.3) is 0 Å². The van der Waals surface area contributed by atoms with Crippen LogP contribution in [0.5, 0.6) is 0 Å². The molecule has 0 bridgehead atoms. The van der Waals surface area contributed by atoms with E-state index in [4.69, 9.17) is 0 Å². The highest BCUT2D eigenvalue weighted by Crippen LogP contribution is 2.39. The fraction of sp³-hybridized carbons (Fsp3) is 0.353. The summed E-state index contributed by atoms with van der Waals surface area (Å²) in [6.45, 7) is 0. The molecular formula is C17H21N3. The van der Waals surface area contributed by atoms with Crippen molar-refractivity contribution < 1.29 is 0 Å². The zero-order valence-electron chi connectivity index (χ0n) is 12.1. The molecule has 1 aromatic heterocycles. The van der Waals surface area contributed by atoms with Crippen LogP contribution in [0.25, 0.3) is 0 Å². The molecule has 1 heterocycles. The first-order valence-corrected chi connectivity index (χ1v) is 7.18. The van der Waals surface area contributed by atoms with E-state index in [1.165, 1.54) is 18.4 Å². The van der Waals surface area contributed by atoms with Crippen molar-refractivity contribution in [3.63, 3.8) is 0 Å². The van der Waals surface area contributed by atoms with Crippen LogP contribution in [0.1, 0.15) is 24.3 Å². The summed E-state index contributed by atoms with van der Waals surface area (Å²) in [6, 6.07) is 15.5. The van der Waals surface area contributed by atoms with Crippen LogP contribution in [0.2, 0.25) is 0 Å². The van der Waals surface area contributed by atoms with E-state index in [1.807, 2.05) is 26.4 Å². The molecule has 2 aromatic rings. The van der Waals surface area contributed by atoms with E-state index in [9.17, 15) is 0 Å². The van der Waals surface area contributed by atoms with Crippen LogP contribution in [0, 0.1) is 0 Å². The molecular weight excluding hydrogens is 246 g/mol. The number of rotatable bonds is 4.